The minimum atomic E-state index is -0.233. The van der Waals surface area contributed by atoms with E-state index in [2.05, 4.69) is 10.1 Å². The number of hydrogen-bond acceptors (Lipinski definition) is 4. The lowest BCUT2D eigenvalue weighted by molar-refractivity contribution is 0.128. The molecule has 0 spiro atoms. The van der Waals surface area contributed by atoms with E-state index in [1.54, 1.807) is 0 Å². The predicted molar refractivity (Wildman–Crippen MR) is 54.3 cm³/mol. The Morgan fingerprint density at radius 3 is 2.93 bits per heavy atom. The third-order valence-electron chi connectivity index (χ3n) is 2.80. The highest BCUT2D eigenvalue weighted by molar-refractivity contribution is 5.79. The summed E-state index contributed by atoms with van der Waals surface area (Å²) in [6.45, 7) is 4.54. The Bertz CT molecular complexity index is 206. The first kappa shape index (κ1) is 11.3. The number of oxime groups is 1. The number of nitrogens with zero attached hydrogens (tertiary/aromatic N) is 2. The van der Waals surface area contributed by atoms with Crippen LogP contribution in [0.4, 0.5) is 0 Å². The van der Waals surface area contributed by atoms with Crippen LogP contribution >= 0.6 is 0 Å². The number of nitrogens with two attached hydrogens (primary N) is 1. The molecule has 2 unspecified atom stereocenters. The fourth-order valence-corrected chi connectivity index (χ4v) is 1.78. The summed E-state index contributed by atoms with van der Waals surface area (Å²) in [7, 11) is 0. The Hall–Kier alpha value is -0.810. The van der Waals surface area contributed by atoms with Crippen molar-refractivity contribution in [2.75, 3.05) is 19.6 Å². The van der Waals surface area contributed by atoms with Crippen molar-refractivity contribution in [1.82, 2.24) is 4.90 Å². The van der Waals surface area contributed by atoms with Crippen molar-refractivity contribution in [3.05, 3.63) is 0 Å². The molecule has 2 atom stereocenters. The Labute approximate surface area is 84.2 Å². The molecule has 1 heterocycles. The van der Waals surface area contributed by atoms with Gasteiger partial charge in [0.05, 0.1) is 6.10 Å². The van der Waals surface area contributed by atoms with Gasteiger partial charge in [-0.3, -0.25) is 0 Å². The minimum absolute atomic E-state index is 0.233. The van der Waals surface area contributed by atoms with Gasteiger partial charge in [-0.2, -0.15) is 0 Å². The van der Waals surface area contributed by atoms with Gasteiger partial charge in [0, 0.05) is 19.5 Å². The van der Waals surface area contributed by atoms with Gasteiger partial charge in [-0.25, -0.2) is 0 Å². The Balaban J connectivity index is 2.23. The Morgan fingerprint density at radius 1 is 1.71 bits per heavy atom. The molecule has 1 rings (SSSR count). The van der Waals surface area contributed by atoms with E-state index in [1.165, 1.54) is 0 Å². The Morgan fingerprint density at radius 2 is 2.43 bits per heavy atom. The molecule has 0 aromatic rings. The summed E-state index contributed by atoms with van der Waals surface area (Å²) in [5.74, 6) is 0.646. The quantitative estimate of drug-likeness (QED) is 0.255. The molecule has 1 fully saturated rings. The van der Waals surface area contributed by atoms with Gasteiger partial charge in [-0.1, -0.05) is 5.16 Å². The molecule has 0 bridgehead atoms. The van der Waals surface area contributed by atoms with Crippen molar-refractivity contribution in [3.8, 4) is 0 Å². The maximum atomic E-state index is 9.38. The number of aliphatic hydroxyl groups excluding tert-OH is 1. The first-order valence-electron chi connectivity index (χ1n) is 5.00. The van der Waals surface area contributed by atoms with Crippen LogP contribution in [0.2, 0.25) is 0 Å². The van der Waals surface area contributed by atoms with Gasteiger partial charge in [0.25, 0.3) is 0 Å². The van der Waals surface area contributed by atoms with E-state index in [0.29, 0.717) is 12.3 Å². The molecule has 5 heteroatoms. The smallest absolute Gasteiger partial charge is 0.140 e. The van der Waals surface area contributed by atoms with Crippen molar-refractivity contribution < 1.29 is 10.3 Å². The standard InChI is InChI=1S/C9H19N3O2/c1-7(13)8-2-4-12(6-8)5-3-9(10)11-14/h7-8,13-14H,2-6H2,1H3,(H2,10,11). The maximum Gasteiger partial charge on any atom is 0.140 e. The number of likely N-dealkylation sites (tertiary alicyclic amines) is 1. The monoisotopic (exact) mass is 201 g/mol. The second kappa shape index (κ2) is 5.17. The van der Waals surface area contributed by atoms with Crippen molar-refractivity contribution in [3.63, 3.8) is 0 Å². The summed E-state index contributed by atoms with van der Waals surface area (Å²) >= 11 is 0. The summed E-state index contributed by atoms with van der Waals surface area (Å²) in [5.41, 5.74) is 5.37. The van der Waals surface area contributed by atoms with Gasteiger partial charge >= 0.3 is 0 Å². The lowest BCUT2D eigenvalue weighted by atomic mass is 10.0. The number of rotatable bonds is 4. The van der Waals surface area contributed by atoms with Crippen LogP contribution in [0.15, 0.2) is 5.16 Å². The van der Waals surface area contributed by atoms with Gasteiger partial charge in [0.2, 0.25) is 0 Å². The molecular weight excluding hydrogens is 182 g/mol. The van der Waals surface area contributed by atoms with Crippen LogP contribution < -0.4 is 5.73 Å². The molecule has 1 aliphatic rings. The molecule has 0 radical (unpaired) electrons. The van der Waals surface area contributed by atoms with Crippen molar-refractivity contribution in [1.29, 1.82) is 0 Å². The van der Waals surface area contributed by atoms with E-state index in [-0.39, 0.29) is 11.9 Å². The van der Waals surface area contributed by atoms with Crippen LogP contribution in [0.5, 0.6) is 0 Å². The molecule has 4 N–H and O–H groups in total. The lowest BCUT2D eigenvalue weighted by Crippen LogP contribution is -2.28. The van der Waals surface area contributed by atoms with Crippen molar-refractivity contribution in [2.45, 2.75) is 25.9 Å². The third-order valence-corrected chi connectivity index (χ3v) is 2.80. The average Bonchev–Trinajstić information content (AvgIpc) is 2.62. The highest BCUT2D eigenvalue weighted by Crippen LogP contribution is 2.19. The van der Waals surface area contributed by atoms with Gasteiger partial charge in [-0.15, -0.1) is 0 Å². The molecular formula is C9H19N3O2. The van der Waals surface area contributed by atoms with Gasteiger partial charge in [0.1, 0.15) is 5.84 Å². The lowest BCUT2D eigenvalue weighted by Gasteiger charge is -2.16. The molecule has 82 valence electrons. The normalized spacial score (nSPS) is 26.7. The highest BCUT2D eigenvalue weighted by atomic mass is 16.4. The number of hydrogen-bond donors (Lipinski definition) is 3. The third kappa shape index (κ3) is 3.16. The largest absolute Gasteiger partial charge is 0.409 e. The van der Waals surface area contributed by atoms with Crippen LogP contribution in [-0.4, -0.2) is 46.8 Å². The molecule has 0 aliphatic carbocycles. The zero-order chi connectivity index (χ0) is 10.6. The van der Waals surface area contributed by atoms with E-state index >= 15 is 0 Å². The number of amidine groups is 1. The fraction of sp³-hybridized carbons (Fsp3) is 0.889. The first-order valence-corrected chi connectivity index (χ1v) is 5.00. The van der Waals surface area contributed by atoms with Crippen molar-refractivity contribution >= 4 is 5.84 Å². The van der Waals surface area contributed by atoms with Crippen LogP contribution in [0.25, 0.3) is 0 Å². The molecule has 1 aliphatic heterocycles. The zero-order valence-electron chi connectivity index (χ0n) is 8.56. The molecule has 14 heavy (non-hydrogen) atoms. The SMILES string of the molecule is CC(O)C1CCN(CCC(N)=NO)C1. The van der Waals surface area contributed by atoms with Gasteiger partial charge < -0.3 is 20.9 Å². The average molecular weight is 201 g/mol. The summed E-state index contributed by atoms with van der Waals surface area (Å²) in [5, 5.41) is 20.7. The summed E-state index contributed by atoms with van der Waals surface area (Å²) < 4.78 is 0. The van der Waals surface area contributed by atoms with E-state index in [0.717, 1.165) is 26.1 Å². The van der Waals surface area contributed by atoms with E-state index in [1.807, 2.05) is 6.92 Å². The summed E-state index contributed by atoms with van der Waals surface area (Å²) in [6, 6.07) is 0. The van der Waals surface area contributed by atoms with Crippen LogP contribution in [0.3, 0.4) is 0 Å². The van der Waals surface area contributed by atoms with E-state index in [4.69, 9.17) is 10.9 Å². The minimum Gasteiger partial charge on any atom is -0.409 e. The van der Waals surface area contributed by atoms with Gasteiger partial charge in [0.15, 0.2) is 0 Å². The second-order valence-corrected chi connectivity index (χ2v) is 3.93. The molecule has 5 nitrogen and oxygen atoms in total. The number of aliphatic hydroxyl groups is 1. The molecule has 1 saturated heterocycles. The van der Waals surface area contributed by atoms with Crippen molar-refractivity contribution in [2.24, 2.45) is 16.8 Å². The van der Waals surface area contributed by atoms with Crippen LogP contribution in [0.1, 0.15) is 19.8 Å². The zero-order valence-corrected chi connectivity index (χ0v) is 8.56. The molecule has 0 aromatic carbocycles. The first-order chi connectivity index (χ1) is 6.63. The summed E-state index contributed by atoms with van der Waals surface area (Å²) in [6.07, 6.45) is 1.39. The molecule has 0 aromatic heterocycles. The summed E-state index contributed by atoms with van der Waals surface area (Å²) in [4.78, 5) is 2.23. The predicted octanol–water partition coefficient (Wildman–Crippen LogP) is -0.174. The maximum absolute atomic E-state index is 9.38. The van der Waals surface area contributed by atoms with Gasteiger partial charge in [-0.05, 0) is 25.8 Å². The topological polar surface area (TPSA) is 82.1 Å². The molecule has 0 amide bonds. The van der Waals surface area contributed by atoms with Crippen LogP contribution in [-0.2, 0) is 0 Å². The fourth-order valence-electron chi connectivity index (χ4n) is 1.78. The highest BCUT2D eigenvalue weighted by Gasteiger charge is 2.25. The molecule has 0 saturated carbocycles. The van der Waals surface area contributed by atoms with Crippen LogP contribution in [0, 0.1) is 5.92 Å². The second-order valence-electron chi connectivity index (χ2n) is 3.93. The Kier molecular flexibility index (Phi) is 4.16. The van der Waals surface area contributed by atoms with E-state index < -0.39 is 0 Å². The van der Waals surface area contributed by atoms with E-state index in [9.17, 15) is 5.11 Å².